The van der Waals surface area contributed by atoms with Crippen molar-refractivity contribution in [2.45, 2.75) is 38.8 Å². The van der Waals surface area contributed by atoms with Gasteiger partial charge in [0.2, 0.25) is 11.8 Å². The van der Waals surface area contributed by atoms with E-state index >= 15 is 0 Å². The molecule has 0 saturated carbocycles. The Labute approximate surface area is 185 Å². The van der Waals surface area contributed by atoms with E-state index in [0.717, 1.165) is 23.1 Å². The quantitative estimate of drug-likeness (QED) is 0.605. The summed E-state index contributed by atoms with van der Waals surface area (Å²) in [6, 6.07) is 16.1. The first kappa shape index (κ1) is 21.2. The number of benzene rings is 2. The normalized spacial score (nSPS) is 15.4. The van der Waals surface area contributed by atoms with Gasteiger partial charge < -0.3 is 10.2 Å². The van der Waals surface area contributed by atoms with Crippen molar-refractivity contribution in [2.75, 3.05) is 6.54 Å². The molecule has 0 spiro atoms. The third kappa shape index (κ3) is 5.02. The number of rotatable bonds is 6. The Morgan fingerprint density at radius 2 is 1.81 bits per heavy atom. The number of hydrogen-bond acceptors (Lipinski definition) is 3. The van der Waals surface area contributed by atoms with Crippen molar-refractivity contribution in [3.63, 3.8) is 0 Å². The van der Waals surface area contributed by atoms with Crippen LogP contribution >= 0.6 is 11.3 Å². The number of amides is 2. The van der Waals surface area contributed by atoms with Crippen LogP contribution in [0.2, 0.25) is 0 Å². The van der Waals surface area contributed by atoms with Gasteiger partial charge in [0.15, 0.2) is 0 Å². The van der Waals surface area contributed by atoms with E-state index < -0.39 is 0 Å². The molecule has 2 amide bonds. The summed E-state index contributed by atoms with van der Waals surface area (Å²) in [7, 11) is 0. The van der Waals surface area contributed by atoms with Gasteiger partial charge in [-0.1, -0.05) is 42.0 Å². The summed E-state index contributed by atoms with van der Waals surface area (Å²) in [5, 5.41) is 4.92. The molecule has 31 heavy (non-hydrogen) atoms. The first-order chi connectivity index (χ1) is 15.0. The van der Waals surface area contributed by atoms with Crippen LogP contribution in [0.4, 0.5) is 4.39 Å². The second-order valence-electron chi connectivity index (χ2n) is 7.85. The third-order valence-electron chi connectivity index (χ3n) is 5.65. The van der Waals surface area contributed by atoms with Gasteiger partial charge in [-0.25, -0.2) is 4.39 Å². The van der Waals surface area contributed by atoms with Gasteiger partial charge in [-0.3, -0.25) is 9.59 Å². The standard InChI is InChI=1S/C25H25FN2O2S/c1-17-2-4-18(5-3-17)16-27-23(29)10-11-24(30)28-14-12-22-21(13-15-31-22)25(28)19-6-8-20(26)9-7-19/h2-9,13,15,25H,10-12,14,16H2,1H3,(H,27,29). The molecule has 1 aromatic heterocycles. The van der Waals surface area contributed by atoms with Crippen molar-refractivity contribution in [3.05, 3.63) is 92.9 Å². The first-order valence-corrected chi connectivity index (χ1v) is 11.3. The van der Waals surface area contributed by atoms with Crippen molar-refractivity contribution in [2.24, 2.45) is 0 Å². The molecule has 6 heteroatoms. The molecule has 1 aliphatic heterocycles. The lowest BCUT2D eigenvalue weighted by atomic mass is 9.93. The maximum atomic E-state index is 13.4. The van der Waals surface area contributed by atoms with Crippen LogP contribution in [0.25, 0.3) is 0 Å². The van der Waals surface area contributed by atoms with Crippen LogP contribution in [0.3, 0.4) is 0 Å². The van der Waals surface area contributed by atoms with Crippen LogP contribution in [-0.4, -0.2) is 23.3 Å². The average molecular weight is 437 g/mol. The molecular formula is C25H25FN2O2S. The molecule has 4 nitrogen and oxygen atoms in total. The molecule has 3 aromatic rings. The van der Waals surface area contributed by atoms with Crippen LogP contribution in [-0.2, 0) is 22.6 Å². The van der Waals surface area contributed by atoms with E-state index in [-0.39, 0.29) is 36.5 Å². The minimum absolute atomic E-state index is 0.0586. The molecule has 1 aliphatic rings. The van der Waals surface area contributed by atoms with E-state index in [2.05, 4.69) is 5.32 Å². The molecule has 1 N–H and O–H groups in total. The number of hydrogen-bond donors (Lipinski definition) is 1. The molecular weight excluding hydrogens is 411 g/mol. The van der Waals surface area contributed by atoms with Gasteiger partial charge in [0.1, 0.15) is 5.82 Å². The third-order valence-corrected chi connectivity index (χ3v) is 6.64. The number of thiophene rings is 1. The van der Waals surface area contributed by atoms with Crippen LogP contribution in [0, 0.1) is 12.7 Å². The number of carbonyl (C=O) groups is 2. The van der Waals surface area contributed by atoms with E-state index in [1.165, 1.54) is 22.6 Å². The van der Waals surface area contributed by atoms with Crippen molar-refractivity contribution in [3.8, 4) is 0 Å². The number of aryl methyl sites for hydroxylation is 1. The fraction of sp³-hybridized carbons (Fsp3) is 0.280. The lowest BCUT2D eigenvalue weighted by Gasteiger charge is -2.36. The summed E-state index contributed by atoms with van der Waals surface area (Å²) in [5.41, 5.74) is 4.19. The summed E-state index contributed by atoms with van der Waals surface area (Å²) >= 11 is 1.69. The Morgan fingerprint density at radius 1 is 1.06 bits per heavy atom. The molecule has 1 atom stereocenters. The Morgan fingerprint density at radius 3 is 2.55 bits per heavy atom. The fourth-order valence-corrected chi connectivity index (χ4v) is 4.85. The van der Waals surface area contributed by atoms with Crippen molar-refractivity contribution >= 4 is 23.2 Å². The molecule has 1 unspecified atom stereocenters. The highest BCUT2D eigenvalue weighted by molar-refractivity contribution is 7.10. The van der Waals surface area contributed by atoms with Gasteiger partial charge in [-0.05, 0) is 53.6 Å². The van der Waals surface area contributed by atoms with E-state index in [9.17, 15) is 14.0 Å². The molecule has 0 saturated heterocycles. The Balaban J connectivity index is 1.40. The summed E-state index contributed by atoms with van der Waals surface area (Å²) in [6.45, 7) is 3.07. The second-order valence-corrected chi connectivity index (χ2v) is 8.85. The van der Waals surface area contributed by atoms with Crippen molar-refractivity contribution < 1.29 is 14.0 Å². The minimum Gasteiger partial charge on any atom is -0.352 e. The average Bonchev–Trinajstić information content (AvgIpc) is 3.26. The molecule has 0 aliphatic carbocycles. The number of carbonyl (C=O) groups excluding carboxylic acids is 2. The Bertz CT molecular complexity index is 1060. The summed E-state index contributed by atoms with van der Waals surface area (Å²) in [6.07, 6.45) is 1.10. The zero-order chi connectivity index (χ0) is 21.8. The zero-order valence-corrected chi connectivity index (χ0v) is 18.3. The van der Waals surface area contributed by atoms with E-state index in [0.29, 0.717) is 13.1 Å². The van der Waals surface area contributed by atoms with E-state index in [4.69, 9.17) is 0 Å². The van der Waals surface area contributed by atoms with Gasteiger partial charge in [0.05, 0.1) is 6.04 Å². The molecule has 0 fully saturated rings. The predicted octanol–water partition coefficient (Wildman–Crippen LogP) is 4.77. The van der Waals surface area contributed by atoms with Gasteiger partial charge in [-0.15, -0.1) is 11.3 Å². The number of nitrogens with one attached hydrogen (secondary N) is 1. The molecule has 2 heterocycles. The van der Waals surface area contributed by atoms with Crippen LogP contribution < -0.4 is 5.32 Å². The minimum atomic E-state index is -0.298. The molecule has 2 aromatic carbocycles. The lowest BCUT2D eigenvalue weighted by molar-refractivity contribution is -0.135. The molecule has 4 rings (SSSR count). The van der Waals surface area contributed by atoms with E-state index in [1.807, 2.05) is 47.5 Å². The SMILES string of the molecule is Cc1ccc(CNC(=O)CCC(=O)N2CCc3sccc3C2c2ccc(F)cc2)cc1. The molecule has 160 valence electrons. The Hall–Kier alpha value is -2.99. The van der Waals surface area contributed by atoms with Crippen molar-refractivity contribution in [1.29, 1.82) is 0 Å². The number of nitrogens with zero attached hydrogens (tertiary/aromatic N) is 1. The smallest absolute Gasteiger partial charge is 0.223 e. The van der Waals surface area contributed by atoms with Gasteiger partial charge in [-0.2, -0.15) is 0 Å². The van der Waals surface area contributed by atoms with Crippen LogP contribution in [0.15, 0.2) is 60.0 Å². The fourth-order valence-electron chi connectivity index (χ4n) is 3.95. The van der Waals surface area contributed by atoms with Gasteiger partial charge in [0.25, 0.3) is 0 Å². The second kappa shape index (κ2) is 9.43. The van der Waals surface area contributed by atoms with Crippen molar-refractivity contribution in [1.82, 2.24) is 10.2 Å². The largest absolute Gasteiger partial charge is 0.352 e. The summed E-state index contributed by atoms with van der Waals surface area (Å²) in [4.78, 5) is 28.5. The highest BCUT2D eigenvalue weighted by atomic mass is 32.1. The molecule has 0 bridgehead atoms. The predicted molar refractivity (Wildman–Crippen MR) is 120 cm³/mol. The van der Waals surface area contributed by atoms with Crippen LogP contribution in [0.5, 0.6) is 0 Å². The summed E-state index contributed by atoms with van der Waals surface area (Å²) in [5.74, 6) is -0.495. The highest BCUT2D eigenvalue weighted by Crippen LogP contribution is 2.38. The zero-order valence-electron chi connectivity index (χ0n) is 17.4. The van der Waals surface area contributed by atoms with Crippen LogP contribution in [0.1, 0.15) is 46.0 Å². The molecule has 0 radical (unpaired) electrons. The van der Waals surface area contributed by atoms with Gasteiger partial charge >= 0.3 is 0 Å². The monoisotopic (exact) mass is 436 g/mol. The topological polar surface area (TPSA) is 49.4 Å². The van der Waals surface area contributed by atoms with E-state index in [1.54, 1.807) is 23.5 Å². The maximum absolute atomic E-state index is 13.4. The lowest BCUT2D eigenvalue weighted by Crippen LogP contribution is -2.40. The first-order valence-electron chi connectivity index (χ1n) is 10.4. The summed E-state index contributed by atoms with van der Waals surface area (Å²) < 4.78 is 13.4. The number of halogens is 1. The maximum Gasteiger partial charge on any atom is 0.223 e. The highest BCUT2D eigenvalue weighted by Gasteiger charge is 2.32. The van der Waals surface area contributed by atoms with Gasteiger partial charge in [0, 0.05) is 30.8 Å². The Kier molecular flexibility index (Phi) is 6.47. The number of fused-ring (bicyclic) bond motifs is 1.